The van der Waals surface area contributed by atoms with E-state index in [1.54, 1.807) is 0 Å². The highest BCUT2D eigenvalue weighted by Crippen LogP contribution is 2.09. The van der Waals surface area contributed by atoms with Gasteiger partial charge in [0.15, 0.2) is 0 Å². The molecule has 3 heteroatoms. The highest BCUT2D eigenvalue weighted by Gasteiger charge is 2.18. The first-order valence-electron chi connectivity index (χ1n) is 7.62. The van der Waals surface area contributed by atoms with E-state index in [2.05, 4.69) is 38.2 Å². The first kappa shape index (κ1) is 16.7. The molecular weight excluding hydrogens is 248 g/mol. The summed E-state index contributed by atoms with van der Waals surface area (Å²) >= 11 is 0. The van der Waals surface area contributed by atoms with Crippen LogP contribution in [-0.4, -0.2) is 18.0 Å². The van der Waals surface area contributed by atoms with Crippen LogP contribution in [0.3, 0.4) is 0 Å². The third-order valence-electron chi connectivity index (χ3n) is 3.37. The van der Waals surface area contributed by atoms with Gasteiger partial charge in [-0.1, -0.05) is 57.5 Å². The summed E-state index contributed by atoms with van der Waals surface area (Å²) in [6.07, 6.45) is 3.64. The number of rotatable bonds is 8. The van der Waals surface area contributed by atoms with Crippen LogP contribution in [-0.2, 0) is 11.2 Å². The molecule has 112 valence electrons. The lowest BCUT2D eigenvalue weighted by Gasteiger charge is -2.21. The van der Waals surface area contributed by atoms with Crippen molar-refractivity contribution in [2.75, 3.05) is 0 Å². The maximum absolute atomic E-state index is 12.1. The number of hydrogen-bond acceptors (Lipinski definition) is 2. The van der Waals surface area contributed by atoms with Gasteiger partial charge in [0.1, 0.15) is 0 Å². The fourth-order valence-electron chi connectivity index (χ4n) is 2.40. The molecule has 1 amide bonds. The van der Waals surface area contributed by atoms with Crippen molar-refractivity contribution in [2.45, 2.75) is 58.5 Å². The fraction of sp³-hybridized carbons (Fsp3) is 0.588. The molecule has 0 heterocycles. The normalized spacial score (nSPS) is 14.1. The van der Waals surface area contributed by atoms with Gasteiger partial charge in [-0.2, -0.15) is 0 Å². The number of benzene rings is 1. The highest BCUT2D eigenvalue weighted by molar-refractivity contribution is 5.81. The minimum Gasteiger partial charge on any atom is -0.352 e. The van der Waals surface area contributed by atoms with Crippen LogP contribution >= 0.6 is 0 Å². The Morgan fingerprint density at radius 1 is 1.25 bits per heavy atom. The molecule has 0 spiro atoms. The van der Waals surface area contributed by atoms with Gasteiger partial charge in [0.25, 0.3) is 0 Å². The number of hydrogen-bond donors (Lipinski definition) is 2. The van der Waals surface area contributed by atoms with Gasteiger partial charge in [0.05, 0.1) is 6.04 Å². The molecule has 1 rings (SSSR count). The van der Waals surface area contributed by atoms with E-state index in [0.717, 1.165) is 25.7 Å². The SMILES string of the molecule is CCCC(Cc1ccccc1)NC(=O)[C@@H](N)CC(C)C. The second kappa shape index (κ2) is 8.75. The van der Waals surface area contributed by atoms with Gasteiger partial charge in [0, 0.05) is 6.04 Å². The van der Waals surface area contributed by atoms with Gasteiger partial charge in [0.2, 0.25) is 5.91 Å². The molecule has 0 aliphatic heterocycles. The summed E-state index contributed by atoms with van der Waals surface area (Å²) in [5, 5.41) is 3.11. The Hall–Kier alpha value is -1.35. The lowest BCUT2D eigenvalue weighted by Crippen LogP contribution is -2.46. The molecule has 1 unspecified atom stereocenters. The maximum atomic E-state index is 12.1. The van der Waals surface area contributed by atoms with Crippen LogP contribution < -0.4 is 11.1 Å². The second-order valence-corrected chi connectivity index (χ2v) is 5.92. The zero-order valence-corrected chi connectivity index (χ0v) is 12.9. The molecule has 0 saturated carbocycles. The van der Waals surface area contributed by atoms with E-state index < -0.39 is 6.04 Å². The Labute approximate surface area is 122 Å². The summed E-state index contributed by atoms with van der Waals surface area (Å²) in [7, 11) is 0. The summed E-state index contributed by atoms with van der Waals surface area (Å²) < 4.78 is 0. The van der Waals surface area contributed by atoms with Crippen molar-refractivity contribution < 1.29 is 4.79 Å². The van der Waals surface area contributed by atoms with E-state index in [9.17, 15) is 4.79 Å². The Kier molecular flexibility index (Phi) is 7.31. The fourth-order valence-corrected chi connectivity index (χ4v) is 2.40. The third kappa shape index (κ3) is 6.20. The zero-order valence-electron chi connectivity index (χ0n) is 12.9. The summed E-state index contributed by atoms with van der Waals surface area (Å²) in [4.78, 5) is 12.1. The number of nitrogens with one attached hydrogen (secondary N) is 1. The standard InChI is InChI=1S/C17H28N2O/c1-4-8-15(12-14-9-6-5-7-10-14)19-17(20)16(18)11-13(2)3/h5-7,9-10,13,15-16H,4,8,11-12,18H2,1-3H3,(H,19,20)/t15?,16-/m0/s1. The van der Waals surface area contributed by atoms with Crippen molar-refractivity contribution in [2.24, 2.45) is 11.7 Å². The number of nitrogens with two attached hydrogens (primary N) is 1. The van der Waals surface area contributed by atoms with Gasteiger partial charge in [-0.05, 0) is 30.7 Å². The van der Waals surface area contributed by atoms with Crippen molar-refractivity contribution >= 4 is 5.91 Å². The topological polar surface area (TPSA) is 55.1 Å². The molecule has 3 nitrogen and oxygen atoms in total. The van der Waals surface area contributed by atoms with E-state index in [4.69, 9.17) is 5.73 Å². The highest BCUT2D eigenvalue weighted by atomic mass is 16.2. The Morgan fingerprint density at radius 3 is 2.45 bits per heavy atom. The first-order valence-corrected chi connectivity index (χ1v) is 7.62. The van der Waals surface area contributed by atoms with Gasteiger partial charge in [-0.25, -0.2) is 0 Å². The average molecular weight is 276 g/mol. The van der Waals surface area contributed by atoms with Crippen LogP contribution in [0.1, 0.15) is 45.6 Å². The molecule has 0 bridgehead atoms. The quantitative estimate of drug-likeness (QED) is 0.767. The van der Waals surface area contributed by atoms with Gasteiger partial charge >= 0.3 is 0 Å². The van der Waals surface area contributed by atoms with Crippen LogP contribution in [0.4, 0.5) is 0 Å². The van der Waals surface area contributed by atoms with E-state index in [1.165, 1.54) is 5.56 Å². The van der Waals surface area contributed by atoms with Gasteiger partial charge in [-0.3, -0.25) is 4.79 Å². The second-order valence-electron chi connectivity index (χ2n) is 5.92. The summed E-state index contributed by atoms with van der Waals surface area (Å²) in [5.74, 6) is 0.419. The minimum absolute atomic E-state index is 0.0203. The molecule has 1 aromatic rings. The Bertz CT molecular complexity index is 389. The predicted octanol–water partition coefficient (Wildman–Crippen LogP) is 2.89. The van der Waals surface area contributed by atoms with E-state index >= 15 is 0 Å². The molecule has 20 heavy (non-hydrogen) atoms. The summed E-state index contributed by atoms with van der Waals surface area (Å²) in [5.41, 5.74) is 7.20. The predicted molar refractivity (Wildman–Crippen MR) is 84.4 cm³/mol. The lowest BCUT2D eigenvalue weighted by molar-refractivity contribution is -0.123. The van der Waals surface area contributed by atoms with Gasteiger partial charge in [-0.15, -0.1) is 0 Å². The molecule has 0 aliphatic carbocycles. The molecule has 2 atom stereocenters. The zero-order chi connectivity index (χ0) is 15.0. The van der Waals surface area contributed by atoms with Crippen molar-refractivity contribution in [1.29, 1.82) is 0 Å². The monoisotopic (exact) mass is 276 g/mol. The van der Waals surface area contributed by atoms with E-state index in [0.29, 0.717) is 5.92 Å². The van der Waals surface area contributed by atoms with Crippen LogP contribution in [0.2, 0.25) is 0 Å². The number of carbonyl (C=O) groups is 1. The summed E-state index contributed by atoms with van der Waals surface area (Å²) in [6.45, 7) is 6.31. The largest absolute Gasteiger partial charge is 0.352 e. The number of carbonyl (C=O) groups excluding carboxylic acids is 1. The Morgan fingerprint density at radius 2 is 1.90 bits per heavy atom. The maximum Gasteiger partial charge on any atom is 0.237 e. The molecule has 0 aromatic heterocycles. The Balaban J connectivity index is 2.56. The molecule has 0 aliphatic rings. The molecule has 0 saturated heterocycles. The smallest absolute Gasteiger partial charge is 0.237 e. The molecule has 3 N–H and O–H groups in total. The molecule has 0 radical (unpaired) electrons. The van der Waals surface area contributed by atoms with Crippen molar-refractivity contribution in [3.63, 3.8) is 0 Å². The molecular formula is C17H28N2O. The van der Waals surface area contributed by atoms with E-state index in [1.807, 2.05) is 18.2 Å². The molecule has 1 aromatic carbocycles. The minimum atomic E-state index is -0.398. The van der Waals surface area contributed by atoms with Crippen LogP contribution in [0.25, 0.3) is 0 Å². The summed E-state index contributed by atoms with van der Waals surface area (Å²) in [6, 6.07) is 10.1. The first-order chi connectivity index (χ1) is 9.52. The van der Waals surface area contributed by atoms with Crippen molar-refractivity contribution in [3.8, 4) is 0 Å². The van der Waals surface area contributed by atoms with Gasteiger partial charge < -0.3 is 11.1 Å². The van der Waals surface area contributed by atoms with Crippen LogP contribution in [0, 0.1) is 5.92 Å². The number of amides is 1. The van der Waals surface area contributed by atoms with Crippen molar-refractivity contribution in [1.82, 2.24) is 5.32 Å². The van der Waals surface area contributed by atoms with Crippen molar-refractivity contribution in [3.05, 3.63) is 35.9 Å². The van der Waals surface area contributed by atoms with Crippen LogP contribution in [0.5, 0.6) is 0 Å². The molecule has 0 fully saturated rings. The lowest BCUT2D eigenvalue weighted by atomic mass is 10.00. The third-order valence-corrected chi connectivity index (χ3v) is 3.37. The van der Waals surface area contributed by atoms with E-state index in [-0.39, 0.29) is 11.9 Å². The average Bonchev–Trinajstić information content (AvgIpc) is 2.39. The van der Waals surface area contributed by atoms with Crippen LogP contribution in [0.15, 0.2) is 30.3 Å².